The number of benzene rings is 1. The first-order chi connectivity index (χ1) is 13.9. The summed E-state index contributed by atoms with van der Waals surface area (Å²) in [5, 5.41) is 6.16. The van der Waals surface area contributed by atoms with Crippen molar-refractivity contribution in [3.63, 3.8) is 0 Å². The number of fused-ring (bicyclic) bond motifs is 1. The Hall–Kier alpha value is -2.39. The van der Waals surface area contributed by atoms with E-state index >= 15 is 0 Å². The molecule has 0 spiro atoms. The highest BCUT2D eigenvalue weighted by Crippen LogP contribution is 2.39. The SMILES string of the molecule is O=C(COc1ccccc1)Nc1sc2c(c1C(=O)N[C@@H]1CCS(=O)(=O)C1)CCC2. The lowest BCUT2D eigenvalue weighted by atomic mass is 10.1. The summed E-state index contributed by atoms with van der Waals surface area (Å²) in [6.45, 7) is -0.158. The molecule has 154 valence electrons. The molecule has 7 nitrogen and oxygen atoms in total. The minimum absolute atomic E-state index is 0.0301. The number of aryl methyl sites for hydroxylation is 1. The Kier molecular flexibility index (Phi) is 5.60. The van der Waals surface area contributed by atoms with E-state index in [-0.39, 0.29) is 36.0 Å². The lowest BCUT2D eigenvalue weighted by molar-refractivity contribution is -0.118. The van der Waals surface area contributed by atoms with Crippen molar-refractivity contribution >= 4 is 38.0 Å². The number of amides is 2. The van der Waals surface area contributed by atoms with Gasteiger partial charge in [0.05, 0.1) is 17.1 Å². The Labute approximate surface area is 173 Å². The van der Waals surface area contributed by atoms with E-state index in [0.717, 1.165) is 29.7 Å². The van der Waals surface area contributed by atoms with E-state index in [9.17, 15) is 18.0 Å². The Bertz CT molecular complexity index is 1030. The number of rotatable bonds is 6. The van der Waals surface area contributed by atoms with Crippen LogP contribution in [0.25, 0.3) is 0 Å². The molecule has 2 heterocycles. The Morgan fingerprint density at radius 1 is 1.17 bits per heavy atom. The summed E-state index contributed by atoms with van der Waals surface area (Å²) in [7, 11) is -3.08. The highest BCUT2D eigenvalue weighted by atomic mass is 32.2. The Morgan fingerprint density at radius 3 is 2.69 bits per heavy atom. The van der Waals surface area contributed by atoms with Crippen LogP contribution >= 0.6 is 11.3 Å². The lowest BCUT2D eigenvalue weighted by Gasteiger charge is -2.13. The van der Waals surface area contributed by atoms with Gasteiger partial charge in [0.1, 0.15) is 10.8 Å². The predicted molar refractivity (Wildman–Crippen MR) is 111 cm³/mol. The van der Waals surface area contributed by atoms with Crippen LogP contribution in [0.1, 0.15) is 33.6 Å². The van der Waals surface area contributed by atoms with Gasteiger partial charge in [0.25, 0.3) is 11.8 Å². The highest BCUT2D eigenvalue weighted by molar-refractivity contribution is 7.91. The van der Waals surface area contributed by atoms with Gasteiger partial charge in [-0.3, -0.25) is 9.59 Å². The third-order valence-corrected chi connectivity index (χ3v) is 8.06. The predicted octanol–water partition coefficient (Wildman–Crippen LogP) is 2.17. The quantitative estimate of drug-likeness (QED) is 0.726. The van der Waals surface area contributed by atoms with Gasteiger partial charge in [0.2, 0.25) is 0 Å². The van der Waals surface area contributed by atoms with Crippen LogP contribution in [0, 0.1) is 0 Å². The van der Waals surface area contributed by atoms with Gasteiger partial charge in [-0.05, 0) is 43.4 Å². The van der Waals surface area contributed by atoms with Crippen molar-refractivity contribution in [3.05, 3.63) is 46.3 Å². The fourth-order valence-electron chi connectivity index (χ4n) is 3.73. The molecule has 1 aliphatic carbocycles. The second kappa shape index (κ2) is 8.16. The first-order valence-electron chi connectivity index (χ1n) is 9.55. The number of carbonyl (C=O) groups excluding carboxylic acids is 2. The largest absolute Gasteiger partial charge is 0.484 e. The molecule has 0 unspecified atom stereocenters. The maximum absolute atomic E-state index is 12.9. The molecule has 0 radical (unpaired) electrons. The van der Waals surface area contributed by atoms with Gasteiger partial charge >= 0.3 is 0 Å². The summed E-state index contributed by atoms with van der Waals surface area (Å²) in [6, 6.07) is 8.66. The normalized spacial score (nSPS) is 19.5. The minimum Gasteiger partial charge on any atom is -0.484 e. The third-order valence-electron chi connectivity index (χ3n) is 5.08. The number of anilines is 1. The number of nitrogens with one attached hydrogen (secondary N) is 2. The molecule has 2 N–H and O–H groups in total. The van der Waals surface area contributed by atoms with E-state index in [0.29, 0.717) is 22.7 Å². The number of thiophene rings is 1. The first-order valence-corrected chi connectivity index (χ1v) is 12.2. The average molecular weight is 435 g/mol. The molecule has 1 saturated heterocycles. The van der Waals surface area contributed by atoms with Gasteiger partial charge in [-0.1, -0.05) is 18.2 Å². The number of hydrogen-bond acceptors (Lipinski definition) is 6. The van der Waals surface area contributed by atoms with E-state index < -0.39 is 9.84 Å². The third kappa shape index (κ3) is 4.62. The number of sulfone groups is 1. The molecular formula is C20H22N2O5S2. The van der Waals surface area contributed by atoms with Crippen LogP contribution in [-0.2, 0) is 27.5 Å². The van der Waals surface area contributed by atoms with Crippen molar-refractivity contribution in [3.8, 4) is 5.75 Å². The molecule has 1 atom stereocenters. The zero-order valence-electron chi connectivity index (χ0n) is 15.8. The molecule has 29 heavy (non-hydrogen) atoms. The fourth-order valence-corrected chi connectivity index (χ4v) is 6.70. The van der Waals surface area contributed by atoms with E-state index in [4.69, 9.17) is 4.74 Å². The van der Waals surface area contributed by atoms with Gasteiger partial charge in [0.15, 0.2) is 16.4 Å². The smallest absolute Gasteiger partial charge is 0.262 e. The van der Waals surface area contributed by atoms with E-state index in [2.05, 4.69) is 10.6 Å². The topological polar surface area (TPSA) is 102 Å². The summed E-state index contributed by atoms with van der Waals surface area (Å²) >= 11 is 1.42. The fraction of sp³-hybridized carbons (Fsp3) is 0.400. The average Bonchev–Trinajstić information content (AvgIpc) is 3.35. The van der Waals surface area contributed by atoms with Gasteiger partial charge in [-0.15, -0.1) is 11.3 Å². The molecule has 1 aliphatic heterocycles. The monoisotopic (exact) mass is 434 g/mol. The second-order valence-electron chi connectivity index (χ2n) is 7.28. The molecule has 1 aromatic heterocycles. The minimum atomic E-state index is -3.08. The number of hydrogen-bond donors (Lipinski definition) is 2. The number of para-hydroxylation sites is 1. The summed E-state index contributed by atoms with van der Waals surface area (Å²) in [4.78, 5) is 26.4. The lowest BCUT2D eigenvalue weighted by Crippen LogP contribution is -2.36. The van der Waals surface area contributed by atoms with Crippen LogP contribution in [0.4, 0.5) is 5.00 Å². The molecule has 1 fully saturated rings. The zero-order chi connectivity index (χ0) is 20.4. The number of carbonyl (C=O) groups is 2. The molecule has 0 saturated carbocycles. The van der Waals surface area contributed by atoms with Crippen LogP contribution in [0.3, 0.4) is 0 Å². The zero-order valence-corrected chi connectivity index (χ0v) is 17.4. The van der Waals surface area contributed by atoms with Crippen LogP contribution < -0.4 is 15.4 Å². The van der Waals surface area contributed by atoms with Crippen molar-refractivity contribution in [2.75, 3.05) is 23.4 Å². The summed E-state index contributed by atoms with van der Waals surface area (Å²) < 4.78 is 28.8. The molecule has 0 bridgehead atoms. The van der Waals surface area contributed by atoms with Crippen LogP contribution in [0.5, 0.6) is 5.75 Å². The molecule has 2 aromatic rings. The van der Waals surface area contributed by atoms with Crippen molar-refractivity contribution in [2.45, 2.75) is 31.7 Å². The standard InChI is InChI=1S/C20H22N2O5S2/c23-17(11-27-14-5-2-1-3-6-14)22-20-18(15-7-4-8-16(15)28-20)19(24)21-13-9-10-29(25,26)12-13/h1-3,5-6,13H,4,7-12H2,(H,21,24)(H,22,23)/t13-/m1/s1. The molecule has 2 aliphatic rings. The van der Waals surface area contributed by atoms with Crippen molar-refractivity contribution in [1.29, 1.82) is 0 Å². The number of ether oxygens (including phenoxy) is 1. The highest BCUT2D eigenvalue weighted by Gasteiger charge is 2.32. The summed E-state index contributed by atoms with van der Waals surface area (Å²) in [6.07, 6.45) is 3.07. The molecule has 2 amide bonds. The molecule has 9 heteroatoms. The Balaban J connectivity index is 1.46. The van der Waals surface area contributed by atoms with E-state index in [1.807, 2.05) is 18.2 Å². The van der Waals surface area contributed by atoms with E-state index in [1.54, 1.807) is 12.1 Å². The maximum Gasteiger partial charge on any atom is 0.262 e. The van der Waals surface area contributed by atoms with Crippen LogP contribution in [0.2, 0.25) is 0 Å². The molecular weight excluding hydrogens is 412 g/mol. The van der Waals surface area contributed by atoms with Gasteiger partial charge < -0.3 is 15.4 Å². The summed E-state index contributed by atoms with van der Waals surface area (Å²) in [5.74, 6) is 0.00593. The molecule has 4 rings (SSSR count). The van der Waals surface area contributed by atoms with E-state index in [1.165, 1.54) is 11.3 Å². The molecule has 1 aromatic carbocycles. The Morgan fingerprint density at radius 2 is 1.97 bits per heavy atom. The van der Waals surface area contributed by atoms with Crippen molar-refractivity contribution < 1.29 is 22.7 Å². The first kappa shape index (κ1) is 19.9. The van der Waals surface area contributed by atoms with Crippen molar-refractivity contribution in [1.82, 2.24) is 5.32 Å². The second-order valence-corrected chi connectivity index (χ2v) is 10.6. The van der Waals surface area contributed by atoms with Crippen molar-refractivity contribution in [2.24, 2.45) is 0 Å². The van der Waals surface area contributed by atoms with Crippen LogP contribution in [0.15, 0.2) is 30.3 Å². The van der Waals surface area contributed by atoms with Gasteiger partial charge in [0, 0.05) is 10.9 Å². The van der Waals surface area contributed by atoms with Crippen LogP contribution in [-0.4, -0.2) is 44.4 Å². The summed E-state index contributed by atoms with van der Waals surface area (Å²) in [5.41, 5.74) is 1.44. The van der Waals surface area contributed by atoms with Gasteiger partial charge in [-0.2, -0.15) is 0 Å². The maximum atomic E-state index is 12.9. The van der Waals surface area contributed by atoms with Gasteiger partial charge in [-0.25, -0.2) is 8.42 Å².